The van der Waals surface area contributed by atoms with E-state index in [0.717, 1.165) is 0 Å². The van der Waals surface area contributed by atoms with E-state index in [1.54, 1.807) is 12.3 Å². The molecule has 6 heteroatoms. The van der Waals surface area contributed by atoms with Gasteiger partial charge in [0.1, 0.15) is 5.82 Å². The number of anilines is 2. The zero-order valence-corrected chi connectivity index (χ0v) is 7.36. The van der Waals surface area contributed by atoms with Crippen molar-refractivity contribution >= 4 is 11.8 Å². The lowest BCUT2D eigenvalue weighted by Crippen LogP contribution is -2.20. The quantitative estimate of drug-likeness (QED) is 0.373. The first-order chi connectivity index (χ1) is 6.26. The number of nitrogens with two attached hydrogens (primary N) is 1. The summed E-state index contributed by atoms with van der Waals surface area (Å²) in [5, 5.41) is 11.7. The second kappa shape index (κ2) is 4.58. The van der Waals surface area contributed by atoms with Gasteiger partial charge in [0.2, 0.25) is 5.95 Å². The summed E-state index contributed by atoms with van der Waals surface area (Å²) >= 11 is 0. The Hall–Kier alpha value is -1.40. The molecule has 1 heterocycles. The normalized spacial score (nSPS) is 12.2. The standard InChI is InChI=1S/C7H13N5O/c1-5(4-13)10-6-2-3-9-7(11-6)12-8/h2-3,5,13H,4,8H2,1H3,(H2,9,10,11,12). The molecule has 0 saturated heterocycles. The third-order valence-corrected chi connectivity index (χ3v) is 1.45. The summed E-state index contributed by atoms with van der Waals surface area (Å²) < 4.78 is 0. The summed E-state index contributed by atoms with van der Waals surface area (Å²) in [5.41, 5.74) is 2.33. The Kier molecular flexibility index (Phi) is 3.41. The van der Waals surface area contributed by atoms with Crippen molar-refractivity contribution in [1.29, 1.82) is 0 Å². The van der Waals surface area contributed by atoms with Gasteiger partial charge in [-0.05, 0) is 13.0 Å². The van der Waals surface area contributed by atoms with E-state index in [0.29, 0.717) is 11.8 Å². The van der Waals surface area contributed by atoms with E-state index in [2.05, 4.69) is 20.7 Å². The minimum absolute atomic E-state index is 0.0412. The van der Waals surface area contributed by atoms with Crippen molar-refractivity contribution in [3.8, 4) is 0 Å². The molecular weight excluding hydrogens is 170 g/mol. The minimum atomic E-state index is -0.0412. The van der Waals surface area contributed by atoms with Crippen molar-refractivity contribution in [2.75, 3.05) is 17.3 Å². The fourth-order valence-corrected chi connectivity index (χ4v) is 0.807. The van der Waals surface area contributed by atoms with Crippen LogP contribution in [0.5, 0.6) is 0 Å². The Morgan fingerprint density at radius 1 is 1.69 bits per heavy atom. The number of hydrogen-bond donors (Lipinski definition) is 4. The molecule has 0 radical (unpaired) electrons. The molecular formula is C7H13N5O. The third-order valence-electron chi connectivity index (χ3n) is 1.45. The number of hydrazine groups is 1. The van der Waals surface area contributed by atoms with Crippen LogP contribution in [-0.2, 0) is 0 Å². The molecule has 0 saturated carbocycles. The van der Waals surface area contributed by atoms with Crippen LogP contribution in [0.4, 0.5) is 11.8 Å². The molecule has 0 amide bonds. The molecule has 1 rings (SSSR count). The second-order valence-electron chi connectivity index (χ2n) is 2.64. The Morgan fingerprint density at radius 3 is 3.08 bits per heavy atom. The van der Waals surface area contributed by atoms with Crippen molar-refractivity contribution in [3.05, 3.63) is 12.3 Å². The number of nitrogens with zero attached hydrogens (tertiary/aromatic N) is 2. The van der Waals surface area contributed by atoms with Crippen LogP contribution in [0.2, 0.25) is 0 Å². The highest BCUT2D eigenvalue weighted by atomic mass is 16.3. The van der Waals surface area contributed by atoms with Crippen molar-refractivity contribution < 1.29 is 5.11 Å². The lowest BCUT2D eigenvalue weighted by atomic mass is 10.3. The van der Waals surface area contributed by atoms with Gasteiger partial charge in [0.15, 0.2) is 0 Å². The number of aliphatic hydroxyl groups is 1. The van der Waals surface area contributed by atoms with E-state index in [-0.39, 0.29) is 12.6 Å². The molecule has 5 N–H and O–H groups in total. The number of rotatable bonds is 4. The predicted molar refractivity (Wildman–Crippen MR) is 50.0 cm³/mol. The lowest BCUT2D eigenvalue weighted by Gasteiger charge is -2.11. The van der Waals surface area contributed by atoms with Crippen molar-refractivity contribution in [2.24, 2.45) is 5.84 Å². The third kappa shape index (κ3) is 2.85. The topological polar surface area (TPSA) is 96.1 Å². The van der Waals surface area contributed by atoms with Gasteiger partial charge in [-0.15, -0.1) is 0 Å². The van der Waals surface area contributed by atoms with Crippen molar-refractivity contribution in [3.63, 3.8) is 0 Å². The smallest absolute Gasteiger partial charge is 0.239 e. The van der Waals surface area contributed by atoms with Gasteiger partial charge in [0, 0.05) is 12.2 Å². The van der Waals surface area contributed by atoms with E-state index in [4.69, 9.17) is 10.9 Å². The van der Waals surface area contributed by atoms with Gasteiger partial charge in [-0.1, -0.05) is 0 Å². The van der Waals surface area contributed by atoms with Crippen LogP contribution in [0.15, 0.2) is 12.3 Å². The summed E-state index contributed by atoms with van der Waals surface area (Å²) in [6, 6.07) is 1.66. The molecule has 6 nitrogen and oxygen atoms in total. The molecule has 0 aliphatic rings. The Balaban J connectivity index is 2.66. The highest BCUT2D eigenvalue weighted by Gasteiger charge is 2.01. The Morgan fingerprint density at radius 2 is 2.46 bits per heavy atom. The molecule has 0 aliphatic heterocycles. The maximum absolute atomic E-state index is 8.78. The van der Waals surface area contributed by atoms with Gasteiger partial charge >= 0.3 is 0 Å². The molecule has 0 aliphatic carbocycles. The van der Waals surface area contributed by atoms with E-state index in [1.807, 2.05) is 6.92 Å². The first-order valence-electron chi connectivity index (χ1n) is 3.93. The highest BCUT2D eigenvalue weighted by Crippen LogP contribution is 2.05. The van der Waals surface area contributed by atoms with Gasteiger partial charge in [-0.25, -0.2) is 10.8 Å². The molecule has 0 bridgehead atoms. The zero-order chi connectivity index (χ0) is 9.68. The number of aromatic nitrogens is 2. The van der Waals surface area contributed by atoms with Crippen LogP contribution in [-0.4, -0.2) is 27.7 Å². The number of nitrogens with one attached hydrogen (secondary N) is 2. The van der Waals surface area contributed by atoms with Crippen LogP contribution >= 0.6 is 0 Å². The highest BCUT2D eigenvalue weighted by molar-refractivity contribution is 5.39. The van der Waals surface area contributed by atoms with Gasteiger partial charge < -0.3 is 10.4 Å². The van der Waals surface area contributed by atoms with Crippen LogP contribution in [0.3, 0.4) is 0 Å². The van der Waals surface area contributed by atoms with E-state index in [1.165, 1.54) is 0 Å². The van der Waals surface area contributed by atoms with Crippen LogP contribution in [0.1, 0.15) is 6.92 Å². The molecule has 1 aromatic heterocycles. The van der Waals surface area contributed by atoms with Gasteiger partial charge in [-0.3, -0.25) is 5.43 Å². The lowest BCUT2D eigenvalue weighted by molar-refractivity contribution is 0.281. The monoisotopic (exact) mass is 183 g/mol. The molecule has 0 aromatic carbocycles. The van der Waals surface area contributed by atoms with E-state index in [9.17, 15) is 0 Å². The molecule has 1 atom stereocenters. The molecule has 0 fully saturated rings. The SMILES string of the molecule is CC(CO)Nc1ccnc(NN)n1. The maximum atomic E-state index is 8.78. The van der Waals surface area contributed by atoms with Crippen LogP contribution < -0.4 is 16.6 Å². The minimum Gasteiger partial charge on any atom is -0.394 e. The summed E-state index contributed by atoms with van der Waals surface area (Å²) in [5.74, 6) is 6.10. The molecule has 0 spiro atoms. The van der Waals surface area contributed by atoms with Crippen molar-refractivity contribution in [2.45, 2.75) is 13.0 Å². The fourth-order valence-electron chi connectivity index (χ4n) is 0.807. The average Bonchev–Trinajstić information content (AvgIpc) is 2.18. The van der Waals surface area contributed by atoms with Crippen LogP contribution in [0.25, 0.3) is 0 Å². The zero-order valence-electron chi connectivity index (χ0n) is 7.36. The second-order valence-corrected chi connectivity index (χ2v) is 2.64. The number of aliphatic hydroxyl groups excluding tert-OH is 1. The van der Waals surface area contributed by atoms with Gasteiger partial charge in [0.25, 0.3) is 0 Å². The summed E-state index contributed by atoms with van der Waals surface area (Å²) in [6.07, 6.45) is 1.58. The first kappa shape index (κ1) is 9.69. The van der Waals surface area contributed by atoms with Gasteiger partial charge in [0.05, 0.1) is 6.61 Å². The first-order valence-corrected chi connectivity index (χ1v) is 3.93. The fraction of sp³-hybridized carbons (Fsp3) is 0.429. The summed E-state index contributed by atoms with van der Waals surface area (Å²) in [7, 11) is 0. The summed E-state index contributed by atoms with van der Waals surface area (Å²) in [4.78, 5) is 7.85. The molecule has 1 aromatic rings. The van der Waals surface area contributed by atoms with Crippen molar-refractivity contribution in [1.82, 2.24) is 9.97 Å². The molecule has 13 heavy (non-hydrogen) atoms. The predicted octanol–water partition coefficient (Wildman–Crippen LogP) is -0.445. The maximum Gasteiger partial charge on any atom is 0.239 e. The van der Waals surface area contributed by atoms with E-state index < -0.39 is 0 Å². The number of hydrogen-bond acceptors (Lipinski definition) is 6. The Bertz CT molecular complexity index is 267. The van der Waals surface area contributed by atoms with Crippen LogP contribution in [0, 0.1) is 0 Å². The number of nitrogen functional groups attached to an aromatic ring is 1. The average molecular weight is 183 g/mol. The largest absolute Gasteiger partial charge is 0.394 e. The molecule has 72 valence electrons. The van der Waals surface area contributed by atoms with Gasteiger partial charge in [-0.2, -0.15) is 4.98 Å². The van der Waals surface area contributed by atoms with E-state index >= 15 is 0 Å². The Labute approximate surface area is 76.2 Å². The molecule has 1 unspecified atom stereocenters. The summed E-state index contributed by atoms with van der Waals surface area (Å²) in [6.45, 7) is 1.90.